The van der Waals surface area contributed by atoms with Crippen LogP contribution < -0.4 is 16.2 Å². The normalized spacial score (nSPS) is 21.1. The molecule has 114 valence electrons. The summed E-state index contributed by atoms with van der Waals surface area (Å²) in [5.74, 6) is -0.319. The van der Waals surface area contributed by atoms with Crippen molar-refractivity contribution in [2.24, 2.45) is 0 Å². The number of carbonyl (C=O) groups excluding carboxylic acids is 2. The summed E-state index contributed by atoms with van der Waals surface area (Å²) in [6.07, 6.45) is 0.584. The molecule has 7 heteroatoms. The van der Waals surface area contributed by atoms with Crippen LogP contribution in [0.25, 0.3) is 0 Å². The molecule has 0 bridgehead atoms. The quantitative estimate of drug-likeness (QED) is 0.755. The highest BCUT2D eigenvalue weighted by Crippen LogP contribution is 2.28. The van der Waals surface area contributed by atoms with E-state index in [9.17, 15) is 9.59 Å². The molecule has 1 aliphatic heterocycles. The van der Waals surface area contributed by atoms with E-state index in [4.69, 9.17) is 11.6 Å². The second kappa shape index (κ2) is 6.89. The zero-order valence-electron chi connectivity index (χ0n) is 12.0. The van der Waals surface area contributed by atoms with E-state index in [0.717, 1.165) is 5.56 Å². The highest BCUT2D eigenvalue weighted by molar-refractivity contribution is 6.31. The molecule has 3 N–H and O–H groups in total. The minimum atomic E-state index is -0.374. The van der Waals surface area contributed by atoms with Gasteiger partial charge in [-0.2, -0.15) is 0 Å². The van der Waals surface area contributed by atoms with Gasteiger partial charge in [0.1, 0.15) is 6.04 Å². The van der Waals surface area contributed by atoms with Crippen molar-refractivity contribution in [3.05, 3.63) is 34.9 Å². The van der Waals surface area contributed by atoms with Crippen LogP contribution in [0.4, 0.5) is 0 Å². The highest BCUT2D eigenvalue weighted by atomic mass is 35.5. The smallest absolute Gasteiger partial charge is 0.241 e. The summed E-state index contributed by atoms with van der Waals surface area (Å²) in [7, 11) is 3.16. The van der Waals surface area contributed by atoms with Gasteiger partial charge in [-0.15, -0.1) is 0 Å². The molecule has 1 aromatic rings. The number of nitrogens with zero attached hydrogens (tertiary/aromatic N) is 1. The minimum absolute atomic E-state index is 0.0268. The van der Waals surface area contributed by atoms with Crippen LogP contribution in [-0.4, -0.2) is 43.4 Å². The molecule has 2 atom stereocenters. The maximum atomic E-state index is 12.3. The molecule has 0 aliphatic carbocycles. The first-order valence-corrected chi connectivity index (χ1v) is 7.11. The first-order chi connectivity index (χ1) is 10.0. The lowest BCUT2D eigenvalue weighted by Gasteiger charge is -2.19. The number of hydrogen-bond acceptors (Lipinski definition) is 4. The molecular formula is C14H19ClN4O2. The molecule has 2 unspecified atom stereocenters. The summed E-state index contributed by atoms with van der Waals surface area (Å²) in [6.45, 7) is 0.0459. The van der Waals surface area contributed by atoms with E-state index in [1.54, 1.807) is 14.1 Å². The Kier molecular flexibility index (Phi) is 5.17. The molecule has 2 rings (SSSR count). The van der Waals surface area contributed by atoms with Crippen molar-refractivity contribution in [2.45, 2.75) is 18.5 Å². The first-order valence-electron chi connectivity index (χ1n) is 6.74. The SMILES string of the molecule is CNC(=O)CN(C)C(=O)C1CC(c2ccccc2Cl)NN1. The predicted octanol–water partition coefficient (Wildman–Crippen LogP) is 0.452. The Hall–Kier alpha value is -1.63. The fourth-order valence-electron chi connectivity index (χ4n) is 2.32. The lowest BCUT2D eigenvalue weighted by atomic mass is 10.0. The largest absolute Gasteiger partial charge is 0.358 e. The summed E-state index contributed by atoms with van der Waals surface area (Å²) >= 11 is 6.17. The third kappa shape index (κ3) is 3.72. The topological polar surface area (TPSA) is 73.5 Å². The van der Waals surface area contributed by atoms with Crippen molar-refractivity contribution in [2.75, 3.05) is 20.6 Å². The summed E-state index contributed by atoms with van der Waals surface area (Å²) in [6, 6.07) is 7.14. The molecular weight excluding hydrogens is 292 g/mol. The molecule has 1 aliphatic rings. The monoisotopic (exact) mass is 310 g/mol. The van der Waals surface area contributed by atoms with E-state index >= 15 is 0 Å². The molecule has 0 radical (unpaired) electrons. The molecule has 1 heterocycles. The molecule has 1 fully saturated rings. The summed E-state index contributed by atoms with van der Waals surface area (Å²) in [5.41, 5.74) is 7.01. The van der Waals surface area contributed by atoms with Gasteiger partial charge in [0.2, 0.25) is 11.8 Å². The summed E-state index contributed by atoms with van der Waals surface area (Å²) < 4.78 is 0. The van der Waals surface area contributed by atoms with Gasteiger partial charge in [-0.25, -0.2) is 10.9 Å². The molecule has 0 saturated carbocycles. The molecule has 6 nitrogen and oxygen atoms in total. The number of halogens is 1. The van der Waals surface area contributed by atoms with Gasteiger partial charge in [0, 0.05) is 25.2 Å². The average molecular weight is 311 g/mol. The van der Waals surface area contributed by atoms with E-state index < -0.39 is 0 Å². The van der Waals surface area contributed by atoms with Gasteiger partial charge in [0.05, 0.1) is 6.54 Å². The Morgan fingerprint density at radius 3 is 2.76 bits per heavy atom. The van der Waals surface area contributed by atoms with Crippen LogP contribution in [0.2, 0.25) is 5.02 Å². The molecule has 2 amide bonds. The average Bonchev–Trinajstić information content (AvgIpc) is 2.96. The zero-order chi connectivity index (χ0) is 15.4. The van der Waals surface area contributed by atoms with E-state index in [1.807, 2.05) is 24.3 Å². The number of hydrazine groups is 1. The Morgan fingerprint density at radius 1 is 1.38 bits per heavy atom. The number of nitrogens with one attached hydrogen (secondary N) is 3. The Bertz CT molecular complexity index is 537. The number of rotatable bonds is 4. The van der Waals surface area contributed by atoms with Gasteiger partial charge in [-0.05, 0) is 18.1 Å². The van der Waals surface area contributed by atoms with Crippen molar-refractivity contribution in [1.29, 1.82) is 0 Å². The Balaban J connectivity index is 1.97. The fraction of sp³-hybridized carbons (Fsp3) is 0.429. The number of benzene rings is 1. The Morgan fingerprint density at radius 2 is 2.10 bits per heavy atom. The van der Waals surface area contributed by atoms with Gasteiger partial charge in [0.25, 0.3) is 0 Å². The molecule has 1 aromatic carbocycles. The van der Waals surface area contributed by atoms with E-state index in [0.29, 0.717) is 11.4 Å². The second-order valence-electron chi connectivity index (χ2n) is 5.02. The van der Waals surface area contributed by atoms with E-state index in [-0.39, 0.29) is 30.4 Å². The number of likely N-dealkylation sites (N-methyl/N-ethyl adjacent to an activating group) is 2. The number of carbonyl (C=O) groups is 2. The predicted molar refractivity (Wildman–Crippen MR) is 80.6 cm³/mol. The maximum absolute atomic E-state index is 12.3. The van der Waals surface area contributed by atoms with Crippen LogP contribution in [0.5, 0.6) is 0 Å². The number of amides is 2. The summed E-state index contributed by atoms with van der Waals surface area (Å²) in [4.78, 5) is 25.0. The first kappa shape index (κ1) is 15.8. The second-order valence-corrected chi connectivity index (χ2v) is 5.43. The van der Waals surface area contributed by atoms with Crippen LogP contribution in [0.3, 0.4) is 0 Å². The van der Waals surface area contributed by atoms with Crippen molar-refractivity contribution >= 4 is 23.4 Å². The zero-order valence-corrected chi connectivity index (χ0v) is 12.8. The van der Waals surface area contributed by atoms with Gasteiger partial charge in [-0.3, -0.25) is 9.59 Å². The van der Waals surface area contributed by atoms with Crippen molar-refractivity contribution in [3.63, 3.8) is 0 Å². The van der Waals surface area contributed by atoms with Crippen molar-refractivity contribution in [1.82, 2.24) is 21.1 Å². The van der Waals surface area contributed by atoms with Gasteiger partial charge < -0.3 is 10.2 Å². The van der Waals surface area contributed by atoms with Gasteiger partial charge >= 0.3 is 0 Å². The van der Waals surface area contributed by atoms with Crippen molar-refractivity contribution in [3.8, 4) is 0 Å². The van der Waals surface area contributed by atoms with E-state index in [2.05, 4.69) is 16.2 Å². The van der Waals surface area contributed by atoms with Crippen LogP contribution in [0.1, 0.15) is 18.0 Å². The maximum Gasteiger partial charge on any atom is 0.241 e. The summed E-state index contributed by atoms with van der Waals surface area (Å²) in [5, 5.41) is 3.17. The van der Waals surface area contributed by atoms with Crippen LogP contribution in [-0.2, 0) is 9.59 Å². The minimum Gasteiger partial charge on any atom is -0.358 e. The van der Waals surface area contributed by atoms with Crippen LogP contribution >= 0.6 is 11.6 Å². The standard InChI is InChI=1S/C14H19ClN4O2/c1-16-13(20)8-19(2)14(21)12-7-11(17-18-12)9-5-3-4-6-10(9)15/h3-6,11-12,17-18H,7-8H2,1-2H3,(H,16,20). The Labute approximate surface area is 128 Å². The molecule has 0 aromatic heterocycles. The van der Waals surface area contributed by atoms with Gasteiger partial charge in [-0.1, -0.05) is 29.8 Å². The van der Waals surface area contributed by atoms with E-state index in [1.165, 1.54) is 4.90 Å². The fourth-order valence-corrected chi connectivity index (χ4v) is 2.59. The lowest BCUT2D eigenvalue weighted by Crippen LogP contribution is -2.46. The molecule has 0 spiro atoms. The van der Waals surface area contributed by atoms with Crippen molar-refractivity contribution < 1.29 is 9.59 Å². The van der Waals surface area contributed by atoms with Crippen LogP contribution in [0, 0.1) is 0 Å². The lowest BCUT2D eigenvalue weighted by molar-refractivity contribution is -0.136. The third-order valence-corrected chi connectivity index (χ3v) is 3.86. The van der Waals surface area contributed by atoms with Gasteiger partial charge in [0.15, 0.2) is 0 Å². The third-order valence-electron chi connectivity index (χ3n) is 3.52. The highest BCUT2D eigenvalue weighted by Gasteiger charge is 2.32. The molecule has 1 saturated heterocycles. The van der Waals surface area contributed by atoms with Crippen LogP contribution in [0.15, 0.2) is 24.3 Å². The molecule has 21 heavy (non-hydrogen) atoms. The number of hydrogen-bond donors (Lipinski definition) is 3.